The monoisotopic (exact) mass is 249 g/mol. The highest BCUT2D eigenvalue weighted by Crippen LogP contribution is 2.12. The van der Waals surface area contributed by atoms with Gasteiger partial charge >= 0.3 is 11.9 Å². The van der Waals surface area contributed by atoms with Crippen LogP contribution in [-0.2, 0) is 22.6 Å². The first-order valence-corrected chi connectivity index (χ1v) is 5.32. The van der Waals surface area contributed by atoms with E-state index < -0.39 is 11.9 Å². The number of carboxylic acids is 2. The maximum Gasteiger partial charge on any atom is 0.307 e. The Kier molecular flexibility index (Phi) is 3.22. The van der Waals surface area contributed by atoms with Gasteiger partial charge in [-0.25, -0.2) is 0 Å². The van der Waals surface area contributed by atoms with Crippen molar-refractivity contribution in [1.29, 1.82) is 0 Å². The van der Waals surface area contributed by atoms with Crippen molar-refractivity contribution in [3.05, 3.63) is 23.8 Å². The van der Waals surface area contributed by atoms with E-state index in [1.807, 2.05) is 0 Å². The van der Waals surface area contributed by atoms with Crippen molar-refractivity contribution in [2.75, 3.05) is 0 Å². The number of carboxylic acid groups (broad SMARTS) is 2. The topological polar surface area (TPSA) is 105 Å². The number of rotatable bonds is 5. The van der Waals surface area contributed by atoms with Crippen molar-refractivity contribution in [3.63, 3.8) is 0 Å². The molecule has 0 fully saturated rings. The van der Waals surface area contributed by atoms with E-state index in [1.54, 1.807) is 18.2 Å². The van der Waals surface area contributed by atoms with Gasteiger partial charge in [-0.3, -0.25) is 9.59 Å². The number of aromatic nitrogens is 3. The van der Waals surface area contributed by atoms with Crippen molar-refractivity contribution in [3.8, 4) is 0 Å². The predicted molar refractivity (Wildman–Crippen MR) is 61.1 cm³/mol. The van der Waals surface area contributed by atoms with Gasteiger partial charge in [0, 0.05) is 0 Å². The standard InChI is InChI=1S/C11H11N3O4/c15-10(16)3-4-14-12-8-2-1-7(6-11(17)18)5-9(8)13-14/h1-2,5H,3-4,6H2,(H,15,16)(H,17,18). The summed E-state index contributed by atoms with van der Waals surface area (Å²) in [7, 11) is 0. The predicted octanol–water partition coefficient (Wildman–Crippen LogP) is 0.533. The zero-order valence-electron chi connectivity index (χ0n) is 9.41. The Morgan fingerprint density at radius 3 is 2.50 bits per heavy atom. The number of fused-ring (bicyclic) bond motifs is 1. The van der Waals surface area contributed by atoms with Crippen LogP contribution in [0, 0.1) is 0 Å². The van der Waals surface area contributed by atoms with Gasteiger partial charge in [0.25, 0.3) is 0 Å². The Morgan fingerprint density at radius 2 is 1.83 bits per heavy atom. The lowest BCUT2D eigenvalue weighted by atomic mass is 10.1. The van der Waals surface area contributed by atoms with Crippen molar-refractivity contribution in [2.45, 2.75) is 19.4 Å². The van der Waals surface area contributed by atoms with Gasteiger partial charge < -0.3 is 10.2 Å². The Bertz CT molecular complexity index is 605. The first-order chi connectivity index (χ1) is 8.54. The molecular formula is C11H11N3O4. The quantitative estimate of drug-likeness (QED) is 0.800. The molecule has 0 aliphatic carbocycles. The summed E-state index contributed by atoms with van der Waals surface area (Å²) in [5.74, 6) is -1.82. The average Bonchev–Trinajstić information content (AvgIpc) is 2.67. The van der Waals surface area contributed by atoms with E-state index in [4.69, 9.17) is 10.2 Å². The minimum atomic E-state index is -0.914. The second-order valence-corrected chi connectivity index (χ2v) is 3.83. The van der Waals surface area contributed by atoms with E-state index in [2.05, 4.69) is 10.2 Å². The summed E-state index contributed by atoms with van der Waals surface area (Å²) in [5.41, 5.74) is 1.83. The zero-order chi connectivity index (χ0) is 13.1. The first kappa shape index (κ1) is 12.0. The van der Waals surface area contributed by atoms with Crippen LogP contribution in [0.1, 0.15) is 12.0 Å². The Morgan fingerprint density at radius 1 is 1.11 bits per heavy atom. The van der Waals surface area contributed by atoms with Gasteiger partial charge in [0.05, 0.1) is 19.4 Å². The molecular weight excluding hydrogens is 238 g/mol. The van der Waals surface area contributed by atoms with Crippen LogP contribution in [0.5, 0.6) is 0 Å². The third-order valence-electron chi connectivity index (χ3n) is 2.37. The fraction of sp³-hybridized carbons (Fsp3) is 0.273. The summed E-state index contributed by atoms with van der Waals surface area (Å²) in [6, 6.07) is 5.00. The molecule has 94 valence electrons. The molecule has 2 N–H and O–H groups in total. The summed E-state index contributed by atoms with van der Waals surface area (Å²) in [5, 5.41) is 25.4. The largest absolute Gasteiger partial charge is 0.481 e. The van der Waals surface area contributed by atoms with E-state index in [-0.39, 0.29) is 19.4 Å². The van der Waals surface area contributed by atoms with Gasteiger partial charge in [-0.15, -0.1) is 0 Å². The summed E-state index contributed by atoms with van der Waals surface area (Å²) >= 11 is 0. The number of hydrogen-bond donors (Lipinski definition) is 2. The highest BCUT2D eigenvalue weighted by Gasteiger charge is 2.07. The van der Waals surface area contributed by atoms with Gasteiger partial charge in [-0.05, 0) is 17.7 Å². The molecule has 0 spiro atoms. The second kappa shape index (κ2) is 4.82. The number of aliphatic carboxylic acids is 2. The molecule has 0 aliphatic heterocycles. The van der Waals surface area contributed by atoms with Crippen LogP contribution < -0.4 is 0 Å². The Balaban J connectivity index is 2.22. The van der Waals surface area contributed by atoms with Crippen LogP contribution in [-0.4, -0.2) is 37.1 Å². The maximum atomic E-state index is 10.6. The molecule has 18 heavy (non-hydrogen) atoms. The van der Waals surface area contributed by atoms with Crippen LogP contribution in [0.2, 0.25) is 0 Å². The SMILES string of the molecule is O=C(O)CCn1nc2ccc(CC(=O)O)cc2n1. The number of benzene rings is 1. The molecule has 0 saturated carbocycles. The molecule has 0 aliphatic rings. The molecule has 2 aromatic rings. The maximum absolute atomic E-state index is 10.6. The molecule has 0 saturated heterocycles. The van der Waals surface area contributed by atoms with Crippen molar-refractivity contribution in [1.82, 2.24) is 15.0 Å². The van der Waals surface area contributed by atoms with Gasteiger partial charge in [0.15, 0.2) is 0 Å². The highest BCUT2D eigenvalue weighted by molar-refractivity contribution is 5.77. The molecule has 7 nitrogen and oxygen atoms in total. The van der Waals surface area contributed by atoms with Crippen molar-refractivity contribution >= 4 is 23.0 Å². The highest BCUT2D eigenvalue weighted by atomic mass is 16.4. The molecule has 7 heteroatoms. The smallest absolute Gasteiger partial charge is 0.307 e. The van der Waals surface area contributed by atoms with Crippen LogP contribution in [0.15, 0.2) is 18.2 Å². The van der Waals surface area contributed by atoms with Crippen LogP contribution in [0.25, 0.3) is 11.0 Å². The van der Waals surface area contributed by atoms with E-state index >= 15 is 0 Å². The second-order valence-electron chi connectivity index (χ2n) is 3.83. The van der Waals surface area contributed by atoms with E-state index in [9.17, 15) is 9.59 Å². The summed E-state index contributed by atoms with van der Waals surface area (Å²) in [6.45, 7) is 0.193. The fourth-order valence-electron chi connectivity index (χ4n) is 1.58. The minimum Gasteiger partial charge on any atom is -0.481 e. The average molecular weight is 249 g/mol. The fourth-order valence-corrected chi connectivity index (χ4v) is 1.58. The molecule has 1 aromatic heterocycles. The van der Waals surface area contributed by atoms with Crippen LogP contribution in [0.3, 0.4) is 0 Å². The van der Waals surface area contributed by atoms with E-state index in [1.165, 1.54) is 4.80 Å². The van der Waals surface area contributed by atoms with E-state index in [0.29, 0.717) is 16.6 Å². The van der Waals surface area contributed by atoms with E-state index in [0.717, 1.165) is 0 Å². The van der Waals surface area contributed by atoms with Crippen LogP contribution >= 0.6 is 0 Å². The minimum absolute atomic E-state index is 0.0526. The molecule has 0 radical (unpaired) electrons. The lowest BCUT2D eigenvalue weighted by Gasteiger charge is -1.94. The van der Waals surface area contributed by atoms with Gasteiger partial charge in [-0.1, -0.05) is 6.07 Å². The van der Waals surface area contributed by atoms with Crippen molar-refractivity contribution in [2.24, 2.45) is 0 Å². The molecule has 0 amide bonds. The summed E-state index contributed by atoms with van der Waals surface area (Å²) < 4.78 is 0. The number of aryl methyl sites for hydroxylation is 1. The summed E-state index contributed by atoms with van der Waals surface area (Å²) in [4.78, 5) is 22.3. The van der Waals surface area contributed by atoms with Crippen LogP contribution in [0.4, 0.5) is 0 Å². The molecule has 2 rings (SSSR count). The van der Waals surface area contributed by atoms with Gasteiger partial charge in [-0.2, -0.15) is 15.0 Å². The third-order valence-corrected chi connectivity index (χ3v) is 2.37. The first-order valence-electron chi connectivity index (χ1n) is 5.32. The number of hydrogen-bond acceptors (Lipinski definition) is 4. The molecule has 1 heterocycles. The summed E-state index contributed by atoms with van der Waals surface area (Å²) in [6.07, 6.45) is -0.124. The molecule has 0 bridgehead atoms. The zero-order valence-corrected chi connectivity index (χ0v) is 9.41. The lowest BCUT2D eigenvalue weighted by molar-refractivity contribution is -0.138. The van der Waals surface area contributed by atoms with Gasteiger partial charge in [0.2, 0.25) is 0 Å². The Hall–Kier alpha value is -2.44. The molecule has 0 atom stereocenters. The third kappa shape index (κ3) is 2.82. The normalized spacial score (nSPS) is 10.7. The number of nitrogens with zero attached hydrogens (tertiary/aromatic N) is 3. The molecule has 0 unspecified atom stereocenters. The molecule has 1 aromatic carbocycles. The van der Waals surface area contributed by atoms with Crippen molar-refractivity contribution < 1.29 is 19.8 Å². The van der Waals surface area contributed by atoms with Gasteiger partial charge in [0.1, 0.15) is 11.0 Å². The Labute approximate surface area is 102 Å². The lowest BCUT2D eigenvalue weighted by Crippen LogP contribution is -2.07. The number of carbonyl (C=O) groups is 2.